The highest BCUT2D eigenvalue weighted by atomic mass is 16.6. The van der Waals surface area contributed by atoms with Crippen LogP contribution in [0.4, 0.5) is 10.5 Å². The number of fused-ring (bicyclic) bond motifs is 1. The topological polar surface area (TPSA) is 97.4 Å². The average Bonchev–Trinajstić information content (AvgIpc) is 3.32. The van der Waals surface area contributed by atoms with E-state index >= 15 is 0 Å². The number of likely N-dealkylation sites (N-methyl/N-ethyl adjacent to an activating group) is 1. The molecule has 10 heteroatoms. The van der Waals surface area contributed by atoms with Crippen LogP contribution in [0.5, 0.6) is 0 Å². The number of quaternary nitrogens is 1. The molecule has 2 aliphatic heterocycles. The summed E-state index contributed by atoms with van der Waals surface area (Å²) in [6.07, 6.45) is 1.81. The highest BCUT2D eigenvalue weighted by Crippen LogP contribution is 2.28. The van der Waals surface area contributed by atoms with Crippen molar-refractivity contribution in [3.8, 4) is 11.1 Å². The van der Waals surface area contributed by atoms with E-state index in [2.05, 4.69) is 24.3 Å². The minimum absolute atomic E-state index is 0.102. The SMILES string of the molecule is C[N+](C)(CCCN1C(=O)c2ccccc2C1=O)CCOCCOCCN1CCC(OC(=O)Nc2ccccc2-c2ccccc2)CC1. The molecule has 1 saturated heterocycles. The summed E-state index contributed by atoms with van der Waals surface area (Å²) < 4.78 is 18.1. The van der Waals surface area contributed by atoms with E-state index in [1.165, 1.54) is 4.90 Å². The molecule has 0 bridgehead atoms. The highest BCUT2D eigenvalue weighted by molar-refractivity contribution is 6.21. The second-order valence-electron chi connectivity index (χ2n) is 12.8. The lowest BCUT2D eigenvalue weighted by Gasteiger charge is -2.31. The van der Waals surface area contributed by atoms with Crippen LogP contribution in [0.1, 0.15) is 40.0 Å². The molecule has 2 heterocycles. The van der Waals surface area contributed by atoms with Crippen LogP contribution < -0.4 is 5.32 Å². The Morgan fingerprint density at radius 2 is 1.34 bits per heavy atom. The lowest BCUT2D eigenvalue weighted by atomic mass is 10.0. The van der Waals surface area contributed by atoms with Crippen LogP contribution in [0.15, 0.2) is 78.9 Å². The van der Waals surface area contributed by atoms with E-state index in [1.807, 2.05) is 54.6 Å². The zero-order chi connectivity index (χ0) is 33.1. The molecule has 5 rings (SSSR count). The molecule has 0 radical (unpaired) electrons. The fraction of sp³-hybridized carbons (Fsp3) is 0.432. The molecule has 0 atom stereocenters. The first kappa shape index (κ1) is 34.3. The second kappa shape index (κ2) is 16.6. The monoisotopic (exact) mass is 643 g/mol. The predicted octanol–water partition coefficient (Wildman–Crippen LogP) is 5.16. The number of piperidine rings is 1. The molecular weight excluding hydrogens is 596 g/mol. The number of nitrogens with zero attached hydrogens (tertiary/aromatic N) is 3. The molecule has 1 N–H and O–H groups in total. The Bertz CT molecular complexity index is 1450. The quantitative estimate of drug-likeness (QED) is 0.131. The summed E-state index contributed by atoms with van der Waals surface area (Å²) in [4.78, 5) is 41.5. The summed E-state index contributed by atoms with van der Waals surface area (Å²) in [5.74, 6) is -0.390. The standard InChI is InChI=1S/C37H46N4O6/c1-41(2,23-10-19-40-35(42)32-14-6-7-15-33(32)36(40)43)24-26-46-28-27-45-25-22-39-20-17-30(18-21-39)47-37(44)38-34-16-9-8-13-31(34)29-11-4-3-5-12-29/h3-9,11-16,30H,10,17-28H2,1-2H3/p+1. The van der Waals surface area contributed by atoms with Gasteiger partial charge < -0.3 is 23.6 Å². The summed E-state index contributed by atoms with van der Waals surface area (Å²) in [5, 5.41) is 2.93. The Kier molecular flexibility index (Phi) is 12.1. The van der Waals surface area contributed by atoms with Gasteiger partial charge in [-0.25, -0.2) is 4.79 Å². The predicted molar refractivity (Wildman–Crippen MR) is 181 cm³/mol. The number of hydrogen-bond donors (Lipinski definition) is 1. The van der Waals surface area contributed by atoms with Crippen molar-refractivity contribution < 1.29 is 33.1 Å². The minimum atomic E-state index is -0.418. The number of nitrogens with one attached hydrogen (secondary N) is 1. The van der Waals surface area contributed by atoms with Gasteiger partial charge in [-0.3, -0.25) is 19.8 Å². The lowest BCUT2D eigenvalue weighted by Crippen LogP contribution is -2.44. The van der Waals surface area contributed by atoms with Crippen molar-refractivity contribution in [2.24, 2.45) is 0 Å². The highest BCUT2D eigenvalue weighted by Gasteiger charge is 2.35. The van der Waals surface area contributed by atoms with Crippen LogP contribution in [0.3, 0.4) is 0 Å². The number of amides is 3. The van der Waals surface area contributed by atoms with E-state index in [0.717, 1.165) is 73.3 Å². The van der Waals surface area contributed by atoms with E-state index in [-0.39, 0.29) is 17.9 Å². The number of carbonyl (C=O) groups is 3. The van der Waals surface area contributed by atoms with Crippen LogP contribution >= 0.6 is 0 Å². The van der Waals surface area contributed by atoms with Crippen LogP contribution in [-0.4, -0.2) is 118 Å². The van der Waals surface area contributed by atoms with Gasteiger partial charge in [0.05, 0.1) is 63.9 Å². The first-order chi connectivity index (χ1) is 22.8. The van der Waals surface area contributed by atoms with Crippen molar-refractivity contribution in [2.75, 3.05) is 85.1 Å². The fourth-order valence-corrected chi connectivity index (χ4v) is 6.04. The third-order valence-electron chi connectivity index (χ3n) is 8.85. The molecule has 0 aliphatic carbocycles. The number of ether oxygens (including phenoxy) is 3. The molecule has 10 nitrogen and oxygen atoms in total. The number of benzene rings is 3. The number of para-hydroxylation sites is 1. The molecule has 0 saturated carbocycles. The molecule has 250 valence electrons. The zero-order valence-electron chi connectivity index (χ0n) is 27.6. The number of hydrogen-bond acceptors (Lipinski definition) is 7. The normalized spacial score (nSPS) is 15.6. The van der Waals surface area contributed by atoms with E-state index in [0.29, 0.717) is 44.1 Å². The van der Waals surface area contributed by atoms with Crippen molar-refractivity contribution in [3.05, 3.63) is 90.0 Å². The van der Waals surface area contributed by atoms with Gasteiger partial charge in [0.2, 0.25) is 0 Å². The Hall–Kier alpha value is -4.09. The molecule has 0 aromatic heterocycles. The molecule has 2 aliphatic rings. The van der Waals surface area contributed by atoms with Gasteiger partial charge in [-0.05, 0) is 36.6 Å². The summed E-state index contributed by atoms with van der Waals surface area (Å²) in [7, 11) is 4.27. The van der Waals surface area contributed by atoms with Gasteiger partial charge in [0, 0.05) is 38.2 Å². The van der Waals surface area contributed by atoms with E-state index in [4.69, 9.17) is 14.2 Å². The molecule has 3 amide bonds. The van der Waals surface area contributed by atoms with E-state index < -0.39 is 6.09 Å². The van der Waals surface area contributed by atoms with Gasteiger partial charge in [0.1, 0.15) is 12.6 Å². The van der Waals surface area contributed by atoms with Crippen molar-refractivity contribution in [3.63, 3.8) is 0 Å². The largest absolute Gasteiger partial charge is 0.446 e. The molecule has 0 unspecified atom stereocenters. The van der Waals surface area contributed by atoms with Crippen LogP contribution in [0.2, 0.25) is 0 Å². The number of likely N-dealkylation sites (tertiary alicyclic amines) is 1. The number of imide groups is 1. The Balaban J connectivity index is 0.881. The first-order valence-corrected chi connectivity index (χ1v) is 16.6. The smallest absolute Gasteiger partial charge is 0.411 e. The van der Waals surface area contributed by atoms with Gasteiger partial charge in [0.15, 0.2) is 0 Å². The Morgan fingerprint density at radius 3 is 2.02 bits per heavy atom. The first-order valence-electron chi connectivity index (χ1n) is 16.6. The van der Waals surface area contributed by atoms with Gasteiger partial charge in [-0.1, -0.05) is 60.7 Å². The maximum absolute atomic E-state index is 12.7. The molecule has 3 aromatic carbocycles. The van der Waals surface area contributed by atoms with Gasteiger partial charge >= 0.3 is 6.09 Å². The van der Waals surface area contributed by atoms with Gasteiger partial charge in [-0.15, -0.1) is 0 Å². The van der Waals surface area contributed by atoms with Gasteiger partial charge in [0.25, 0.3) is 11.8 Å². The summed E-state index contributed by atoms with van der Waals surface area (Å²) in [5.41, 5.74) is 3.74. The summed E-state index contributed by atoms with van der Waals surface area (Å²) in [6, 6.07) is 24.7. The maximum Gasteiger partial charge on any atom is 0.411 e. The van der Waals surface area contributed by atoms with E-state index in [1.54, 1.807) is 24.3 Å². The summed E-state index contributed by atoms with van der Waals surface area (Å²) >= 11 is 0. The van der Waals surface area contributed by atoms with Gasteiger partial charge in [-0.2, -0.15) is 0 Å². The Morgan fingerprint density at radius 1 is 0.745 bits per heavy atom. The van der Waals surface area contributed by atoms with Crippen molar-refractivity contribution in [2.45, 2.75) is 25.4 Å². The van der Waals surface area contributed by atoms with E-state index in [9.17, 15) is 14.4 Å². The third kappa shape index (κ3) is 9.71. The zero-order valence-corrected chi connectivity index (χ0v) is 27.6. The second-order valence-corrected chi connectivity index (χ2v) is 12.8. The number of rotatable bonds is 16. The van der Waals surface area contributed by atoms with Crippen LogP contribution in [0.25, 0.3) is 11.1 Å². The lowest BCUT2D eigenvalue weighted by molar-refractivity contribution is -0.890. The Labute approximate surface area is 277 Å². The number of carbonyl (C=O) groups excluding carboxylic acids is 3. The van der Waals surface area contributed by atoms with Crippen LogP contribution in [0, 0.1) is 0 Å². The number of anilines is 1. The van der Waals surface area contributed by atoms with Crippen LogP contribution in [-0.2, 0) is 14.2 Å². The molecule has 0 spiro atoms. The summed E-state index contributed by atoms with van der Waals surface area (Å²) in [6.45, 7) is 6.96. The minimum Gasteiger partial charge on any atom is -0.446 e. The van der Waals surface area contributed by atoms with Crippen molar-refractivity contribution >= 4 is 23.6 Å². The average molecular weight is 644 g/mol. The van der Waals surface area contributed by atoms with Crippen molar-refractivity contribution in [1.82, 2.24) is 9.80 Å². The third-order valence-corrected chi connectivity index (χ3v) is 8.85. The maximum atomic E-state index is 12.7. The van der Waals surface area contributed by atoms with Crippen molar-refractivity contribution in [1.29, 1.82) is 0 Å². The molecule has 3 aromatic rings. The fourth-order valence-electron chi connectivity index (χ4n) is 6.04. The molecule has 1 fully saturated rings. The molecule has 47 heavy (non-hydrogen) atoms. The molecular formula is C37H47N4O6+.